The molecule has 0 aliphatic rings. The van der Waals surface area contributed by atoms with E-state index in [1.165, 1.54) is 24.3 Å². The Morgan fingerprint density at radius 1 is 1.35 bits per heavy atom. The highest BCUT2D eigenvalue weighted by atomic mass is 32.2. The van der Waals surface area contributed by atoms with Crippen molar-refractivity contribution in [2.75, 3.05) is 17.3 Å². The van der Waals surface area contributed by atoms with Crippen LogP contribution in [0.5, 0.6) is 0 Å². The summed E-state index contributed by atoms with van der Waals surface area (Å²) >= 11 is 1.48. The minimum absolute atomic E-state index is 0.113. The molecule has 6 nitrogen and oxygen atoms in total. The van der Waals surface area contributed by atoms with Gasteiger partial charge in [-0.3, -0.25) is 5.10 Å². The molecule has 2 N–H and O–H groups in total. The molecule has 0 aliphatic heterocycles. The topological polar surface area (TPSA) is 87.7 Å². The summed E-state index contributed by atoms with van der Waals surface area (Å²) < 4.78 is 22.4. The molecule has 20 heavy (non-hydrogen) atoms. The van der Waals surface area contributed by atoms with E-state index >= 15 is 0 Å². The molecule has 0 saturated heterocycles. The van der Waals surface area contributed by atoms with Crippen LogP contribution in [0.1, 0.15) is 6.92 Å². The highest BCUT2D eigenvalue weighted by molar-refractivity contribution is 7.99. The number of hydrogen-bond donors (Lipinski definition) is 2. The Hall–Kier alpha value is -1.54. The van der Waals surface area contributed by atoms with E-state index in [0.717, 1.165) is 15.7 Å². The van der Waals surface area contributed by atoms with Crippen LogP contribution >= 0.6 is 11.8 Å². The van der Waals surface area contributed by atoms with Crippen LogP contribution in [0.2, 0.25) is 0 Å². The highest BCUT2D eigenvalue weighted by Crippen LogP contribution is 2.25. The second kappa shape index (κ2) is 6.27. The lowest BCUT2D eigenvalue weighted by molar-refractivity contribution is 0.598. The lowest BCUT2D eigenvalue weighted by Crippen LogP contribution is -2.24. The summed E-state index contributed by atoms with van der Waals surface area (Å²) in [5.41, 5.74) is 0.892. The molecule has 1 unspecified atom stereocenters. The Labute approximate surface area is 122 Å². The molecule has 1 aromatic carbocycles. The summed E-state index contributed by atoms with van der Waals surface area (Å²) in [6.45, 7) is 1.85. The van der Waals surface area contributed by atoms with Crippen molar-refractivity contribution in [3.8, 4) is 0 Å². The minimum atomic E-state index is -2.97. The van der Waals surface area contributed by atoms with Gasteiger partial charge in [0.05, 0.1) is 5.75 Å². The zero-order valence-electron chi connectivity index (χ0n) is 11.2. The molecule has 0 bridgehead atoms. The van der Waals surface area contributed by atoms with E-state index in [-0.39, 0.29) is 11.8 Å². The van der Waals surface area contributed by atoms with E-state index < -0.39 is 9.84 Å². The second-order valence-electron chi connectivity index (χ2n) is 4.55. The Balaban J connectivity index is 1.94. The number of aromatic nitrogens is 3. The van der Waals surface area contributed by atoms with Crippen molar-refractivity contribution in [1.29, 1.82) is 0 Å². The van der Waals surface area contributed by atoms with E-state index in [1.807, 2.05) is 31.2 Å². The average Bonchev–Trinajstić information content (AvgIpc) is 2.82. The van der Waals surface area contributed by atoms with Crippen molar-refractivity contribution in [1.82, 2.24) is 15.2 Å². The number of anilines is 1. The number of nitrogens with zero attached hydrogens (tertiary/aromatic N) is 2. The van der Waals surface area contributed by atoms with Crippen LogP contribution < -0.4 is 5.32 Å². The molecule has 2 rings (SSSR count). The Bertz CT molecular complexity index is 639. The van der Waals surface area contributed by atoms with Gasteiger partial charge < -0.3 is 5.32 Å². The van der Waals surface area contributed by atoms with E-state index in [0.29, 0.717) is 0 Å². The van der Waals surface area contributed by atoms with Crippen LogP contribution in [0.25, 0.3) is 0 Å². The van der Waals surface area contributed by atoms with Crippen molar-refractivity contribution in [3.63, 3.8) is 0 Å². The molecule has 0 spiro atoms. The fraction of sp³-hybridized carbons (Fsp3) is 0.333. The molecule has 1 aromatic heterocycles. The van der Waals surface area contributed by atoms with Crippen molar-refractivity contribution >= 4 is 27.3 Å². The van der Waals surface area contributed by atoms with Crippen molar-refractivity contribution in [3.05, 3.63) is 30.6 Å². The molecule has 108 valence electrons. The molecule has 0 aliphatic carbocycles. The van der Waals surface area contributed by atoms with Gasteiger partial charge in [0.2, 0.25) is 0 Å². The first-order chi connectivity index (χ1) is 9.42. The predicted molar refractivity (Wildman–Crippen MR) is 79.7 cm³/mol. The van der Waals surface area contributed by atoms with E-state index in [4.69, 9.17) is 0 Å². The van der Waals surface area contributed by atoms with Crippen LogP contribution in [-0.2, 0) is 9.84 Å². The van der Waals surface area contributed by atoms with Crippen LogP contribution in [0.3, 0.4) is 0 Å². The van der Waals surface area contributed by atoms with Crippen LogP contribution in [0.15, 0.2) is 40.6 Å². The van der Waals surface area contributed by atoms with Gasteiger partial charge in [0.15, 0.2) is 5.16 Å². The molecule has 0 saturated carbocycles. The molecule has 0 fully saturated rings. The summed E-state index contributed by atoms with van der Waals surface area (Å²) in [6, 6.07) is 7.60. The van der Waals surface area contributed by atoms with Gasteiger partial charge in [0.1, 0.15) is 16.2 Å². The van der Waals surface area contributed by atoms with Crippen LogP contribution in [-0.4, -0.2) is 41.6 Å². The number of nitrogens with one attached hydrogen (secondary N) is 2. The van der Waals surface area contributed by atoms with Crippen molar-refractivity contribution < 1.29 is 8.42 Å². The number of benzene rings is 1. The first-order valence-electron chi connectivity index (χ1n) is 6.00. The first kappa shape index (κ1) is 14.9. The van der Waals surface area contributed by atoms with Gasteiger partial charge in [-0.2, -0.15) is 5.10 Å². The van der Waals surface area contributed by atoms with Crippen molar-refractivity contribution in [2.45, 2.75) is 23.0 Å². The zero-order chi connectivity index (χ0) is 14.6. The zero-order valence-corrected chi connectivity index (χ0v) is 12.8. The number of H-pyrrole nitrogens is 1. The number of aromatic amines is 1. The molecular formula is C12H16N4O2S2. The van der Waals surface area contributed by atoms with Gasteiger partial charge in [-0.15, -0.1) is 0 Å². The van der Waals surface area contributed by atoms with E-state index in [1.54, 1.807) is 0 Å². The third kappa shape index (κ3) is 4.86. The van der Waals surface area contributed by atoms with Gasteiger partial charge in [0, 0.05) is 22.9 Å². The Kier molecular flexibility index (Phi) is 4.66. The van der Waals surface area contributed by atoms with E-state index in [2.05, 4.69) is 20.5 Å². The molecule has 0 amide bonds. The van der Waals surface area contributed by atoms with Crippen molar-refractivity contribution in [2.24, 2.45) is 0 Å². The molecule has 1 heterocycles. The summed E-state index contributed by atoms with van der Waals surface area (Å²) in [4.78, 5) is 5.07. The highest BCUT2D eigenvalue weighted by Gasteiger charge is 2.10. The number of sulfone groups is 1. The van der Waals surface area contributed by atoms with Gasteiger partial charge in [-0.25, -0.2) is 13.4 Å². The minimum Gasteiger partial charge on any atom is -0.382 e. The first-order valence-corrected chi connectivity index (χ1v) is 8.87. The summed E-state index contributed by atoms with van der Waals surface area (Å²) in [5, 5.41) is 10.5. The average molecular weight is 312 g/mol. The van der Waals surface area contributed by atoms with Gasteiger partial charge >= 0.3 is 0 Å². The summed E-state index contributed by atoms with van der Waals surface area (Å²) in [5.74, 6) is 0.113. The maximum Gasteiger partial charge on any atom is 0.188 e. The van der Waals surface area contributed by atoms with Gasteiger partial charge in [-0.05, 0) is 31.2 Å². The van der Waals surface area contributed by atoms with E-state index in [9.17, 15) is 8.42 Å². The van der Waals surface area contributed by atoms with Crippen LogP contribution in [0.4, 0.5) is 5.69 Å². The summed E-state index contributed by atoms with van der Waals surface area (Å²) in [7, 11) is -2.97. The third-order valence-corrected chi connectivity index (χ3v) is 4.43. The lowest BCUT2D eigenvalue weighted by atomic mass is 10.3. The molecule has 8 heteroatoms. The number of hydrogen-bond acceptors (Lipinski definition) is 6. The smallest absolute Gasteiger partial charge is 0.188 e. The molecule has 1 atom stereocenters. The third-order valence-electron chi connectivity index (χ3n) is 2.43. The number of rotatable bonds is 6. The Morgan fingerprint density at radius 3 is 2.60 bits per heavy atom. The standard InChI is InChI=1S/C12H16N4O2S2/c1-9(7-20(2,17)18)15-10-3-5-11(6-4-10)19-12-13-8-14-16-12/h3-6,8-9,15H,7H2,1-2H3,(H,13,14,16). The van der Waals surface area contributed by atoms with Gasteiger partial charge in [0.25, 0.3) is 0 Å². The molecule has 0 radical (unpaired) electrons. The fourth-order valence-corrected chi connectivity index (χ4v) is 3.44. The maximum atomic E-state index is 11.2. The summed E-state index contributed by atoms with van der Waals surface area (Å²) in [6.07, 6.45) is 2.70. The quantitative estimate of drug-likeness (QED) is 0.845. The lowest BCUT2D eigenvalue weighted by Gasteiger charge is -2.14. The normalized spacial score (nSPS) is 13.1. The van der Waals surface area contributed by atoms with Gasteiger partial charge in [-0.1, -0.05) is 11.8 Å². The molecular weight excluding hydrogens is 296 g/mol. The fourth-order valence-electron chi connectivity index (χ4n) is 1.75. The predicted octanol–water partition coefficient (Wildman–Crippen LogP) is 1.80. The largest absolute Gasteiger partial charge is 0.382 e. The monoisotopic (exact) mass is 312 g/mol. The Morgan fingerprint density at radius 2 is 2.05 bits per heavy atom. The second-order valence-corrected chi connectivity index (χ2v) is 7.80. The molecule has 2 aromatic rings. The maximum absolute atomic E-state index is 11.2. The SMILES string of the molecule is CC(CS(C)(=O)=O)Nc1ccc(Sc2ncn[nH]2)cc1. The van der Waals surface area contributed by atoms with Crippen LogP contribution in [0, 0.1) is 0 Å².